The summed E-state index contributed by atoms with van der Waals surface area (Å²) in [7, 11) is 0. The molecule has 4 heterocycles. The first-order valence-corrected chi connectivity index (χ1v) is 21.5. The third-order valence-electron chi connectivity index (χ3n) is 11.5. The van der Waals surface area contributed by atoms with Gasteiger partial charge in [-0.05, 0) is 88.4 Å². The molecule has 1 spiro atoms. The molecule has 1 aromatic heterocycles. The van der Waals surface area contributed by atoms with Crippen LogP contribution in [0.3, 0.4) is 0 Å². The number of anilines is 1. The van der Waals surface area contributed by atoms with Gasteiger partial charge in [0.15, 0.2) is 18.0 Å². The van der Waals surface area contributed by atoms with Crippen LogP contribution in [0.4, 0.5) is 10.5 Å². The summed E-state index contributed by atoms with van der Waals surface area (Å²) >= 11 is 0. The van der Waals surface area contributed by atoms with Gasteiger partial charge in [-0.2, -0.15) is 0 Å². The molecule has 3 aliphatic rings. The average molecular weight is 924 g/mol. The first-order chi connectivity index (χ1) is 31.9. The number of carboxylic acid groups (broad SMARTS) is 1. The summed E-state index contributed by atoms with van der Waals surface area (Å²) in [4.78, 5) is 51.7. The second-order valence-corrected chi connectivity index (χ2v) is 17.4. The Bertz CT molecular complexity index is 2630. The normalized spacial score (nSPS) is 20.7. The van der Waals surface area contributed by atoms with Gasteiger partial charge >= 0.3 is 18.0 Å². The van der Waals surface area contributed by atoms with E-state index >= 15 is 0 Å². The third-order valence-corrected chi connectivity index (χ3v) is 11.5. The van der Waals surface area contributed by atoms with E-state index in [2.05, 4.69) is 20.9 Å². The monoisotopic (exact) mass is 923 g/mol. The zero-order valence-electron chi connectivity index (χ0n) is 36.5. The highest BCUT2D eigenvalue weighted by Crippen LogP contribution is 2.57. The predicted molar refractivity (Wildman–Crippen MR) is 233 cm³/mol. The molecule has 20 nitrogen and oxygen atoms in total. The summed E-state index contributed by atoms with van der Waals surface area (Å²) in [5.41, 5.74) is 1.56. The maximum absolute atomic E-state index is 14.3. The number of carbonyl (C=O) groups excluding carboxylic acids is 3. The van der Waals surface area contributed by atoms with E-state index in [-0.39, 0.29) is 53.8 Å². The minimum atomic E-state index is -1.83. The Labute approximate surface area is 382 Å². The minimum Gasteiger partial charge on any atom is -0.508 e. The summed E-state index contributed by atoms with van der Waals surface area (Å²) in [6.07, 6.45) is -5.90. The van der Waals surface area contributed by atoms with Gasteiger partial charge in [0.25, 0.3) is 0 Å². The van der Waals surface area contributed by atoms with Crippen LogP contribution in [0.25, 0.3) is 11.3 Å². The molecule has 1 fully saturated rings. The fraction of sp³-hybridized carbons (Fsp3) is 0.362. The Morgan fingerprint density at radius 2 is 1.54 bits per heavy atom. The fourth-order valence-electron chi connectivity index (χ4n) is 8.25. The van der Waals surface area contributed by atoms with Crippen molar-refractivity contribution in [3.05, 3.63) is 113 Å². The van der Waals surface area contributed by atoms with E-state index in [1.54, 1.807) is 75.5 Å². The Balaban J connectivity index is 0.986. The van der Waals surface area contributed by atoms with E-state index in [0.717, 1.165) is 5.56 Å². The average Bonchev–Trinajstić information content (AvgIpc) is 3.87. The van der Waals surface area contributed by atoms with Crippen LogP contribution in [0.15, 0.2) is 85.1 Å². The van der Waals surface area contributed by atoms with Gasteiger partial charge in [0.05, 0.1) is 18.4 Å². The molecule has 6 atom stereocenters. The second-order valence-electron chi connectivity index (χ2n) is 17.4. The van der Waals surface area contributed by atoms with E-state index < -0.39 is 71.9 Å². The zero-order chi connectivity index (χ0) is 47.8. The van der Waals surface area contributed by atoms with Gasteiger partial charge in [0.1, 0.15) is 58.6 Å². The number of rotatable bonds is 14. The molecule has 5 aromatic rings. The summed E-state index contributed by atoms with van der Waals surface area (Å²) in [6.45, 7) is 5.56. The Morgan fingerprint density at radius 1 is 0.866 bits per heavy atom. The highest BCUT2D eigenvalue weighted by atomic mass is 16.7. The van der Waals surface area contributed by atoms with Crippen LogP contribution in [0.1, 0.15) is 78.7 Å². The maximum atomic E-state index is 14.3. The van der Waals surface area contributed by atoms with Crippen LogP contribution in [-0.2, 0) is 40.6 Å². The van der Waals surface area contributed by atoms with Crippen molar-refractivity contribution in [2.24, 2.45) is 0 Å². The highest BCUT2D eigenvalue weighted by Gasteiger charge is 2.54. The van der Waals surface area contributed by atoms with E-state index in [1.165, 1.54) is 35.0 Å². The van der Waals surface area contributed by atoms with Gasteiger partial charge < -0.3 is 65.0 Å². The van der Waals surface area contributed by atoms with Crippen LogP contribution in [0, 0.1) is 0 Å². The number of aliphatic hydroxyl groups excluding tert-OH is 3. The van der Waals surface area contributed by atoms with Crippen molar-refractivity contribution in [1.29, 1.82) is 0 Å². The molecular weight excluding hydrogens is 875 g/mol. The molecule has 0 saturated carbocycles. The number of aromatic nitrogens is 3. The summed E-state index contributed by atoms with van der Waals surface area (Å²) in [5, 5.41) is 74.4. The lowest BCUT2D eigenvalue weighted by molar-refractivity contribution is -0.293. The lowest BCUT2D eigenvalue weighted by atomic mass is 9.77. The van der Waals surface area contributed by atoms with E-state index in [4.69, 9.17) is 23.7 Å². The number of phenols is 2. The molecule has 8 rings (SSSR count). The van der Waals surface area contributed by atoms with Crippen molar-refractivity contribution in [3.8, 4) is 34.3 Å². The van der Waals surface area contributed by atoms with Crippen molar-refractivity contribution in [2.45, 2.75) is 94.4 Å². The quantitative estimate of drug-likeness (QED) is 0.0570. The molecule has 0 bridgehead atoms. The number of benzene rings is 4. The molecule has 2 amide bonds. The van der Waals surface area contributed by atoms with Crippen LogP contribution >= 0.6 is 0 Å². The number of carboxylic acids is 1. The number of nitrogens with zero attached hydrogens (tertiary/aromatic N) is 3. The van der Waals surface area contributed by atoms with Gasteiger partial charge in [-0.3, -0.25) is 4.79 Å². The largest absolute Gasteiger partial charge is 0.508 e. The van der Waals surface area contributed by atoms with Crippen molar-refractivity contribution >= 4 is 29.6 Å². The number of carbonyl (C=O) groups is 4. The lowest BCUT2D eigenvalue weighted by Gasteiger charge is -2.38. The number of nitrogens with one attached hydrogen (secondary N) is 2. The Kier molecular flexibility index (Phi) is 12.9. The van der Waals surface area contributed by atoms with Crippen molar-refractivity contribution < 1.29 is 73.5 Å². The fourth-order valence-corrected chi connectivity index (χ4v) is 8.25. The number of hydrogen-bond acceptors (Lipinski definition) is 16. The summed E-state index contributed by atoms with van der Waals surface area (Å²) in [5.74, 6) is -2.36. The van der Waals surface area contributed by atoms with Gasteiger partial charge in [0.2, 0.25) is 5.91 Å². The van der Waals surface area contributed by atoms with E-state index in [0.29, 0.717) is 47.2 Å². The first-order valence-electron chi connectivity index (χ1n) is 21.5. The van der Waals surface area contributed by atoms with Crippen LogP contribution in [0.5, 0.6) is 23.0 Å². The molecule has 0 aliphatic carbocycles. The smallest absolute Gasteiger partial charge is 0.407 e. The number of phenolic OH excluding ortho intramolecular Hbond substituents is 2. The molecule has 3 aliphatic heterocycles. The molecule has 4 aromatic carbocycles. The minimum absolute atomic E-state index is 0.0174. The Morgan fingerprint density at radius 3 is 2.19 bits per heavy atom. The van der Waals surface area contributed by atoms with Gasteiger partial charge in [-0.25, -0.2) is 19.1 Å². The molecule has 0 unspecified atom stereocenters. The van der Waals surface area contributed by atoms with Gasteiger partial charge in [-0.15, -0.1) is 5.10 Å². The van der Waals surface area contributed by atoms with Crippen molar-refractivity contribution in [2.75, 3.05) is 18.5 Å². The lowest BCUT2D eigenvalue weighted by Crippen LogP contribution is -2.60. The number of ether oxygens (including phenoxy) is 5. The molecule has 8 N–H and O–H groups in total. The van der Waals surface area contributed by atoms with E-state index in [9.17, 15) is 49.8 Å². The third kappa shape index (κ3) is 9.61. The topological polar surface area (TPSA) is 291 Å². The van der Waals surface area contributed by atoms with Crippen LogP contribution < -0.4 is 15.4 Å². The molecule has 67 heavy (non-hydrogen) atoms. The van der Waals surface area contributed by atoms with Gasteiger partial charge in [-0.1, -0.05) is 35.5 Å². The van der Waals surface area contributed by atoms with E-state index in [1.807, 2.05) is 0 Å². The number of amides is 2. The molecule has 0 radical (unpaired) electrons. The standard InChI is InChI=1S/C47H49N5O15/c1-46(2,3)67-45(62)48-18-5-4-6-34(52-23-33(50-51-52)25-9-7-24(8-10-25)17-19-63-44-39(57)37(55)38(56)40(65-44)42(59)60)41(58)49-26-11-14-30-29(20-26)43(61)66-47(30)31-15-12-27(53)21-35(31)64-36-22-28(54)13-16-32(36)47/h7-16,20-23,34,37-40,44,53-57H,4-6,17-19H2,1-3H3,(H,48,62)(H,49,58)(H,59,60)/t34-,37-,38-,39+,40-,44+/m0/s1. The molecule has 20 heteroatoms. The number of hydrogen-bond donors (Lipinski definition) is 8. The van der Waals surface area contributed by atoms with Crippen molar-refractivity contribution in [1.82, 2.24) is 20.3 Å². The number of unbranched alkanes of at least 4 members (excludes halogenated alkanes) is 1. The summed E-state index contributed by atoms with van der Waals surface area (Å²) < 4.78 is 29.7. The van der Waals surface area contributed by atoms with Crippen LogP contribution in [0.2, 0.25) is 0 Å². The van der Waals surface area contributed by atoms with Crippen LogP contribution in [-0.4, -0.2) is 119 Å². The summed E-state index contributed by atoms with van der Waals surface area (Å²) in [6, 6.07) is 20.0. The van der Waals surface area contributed by atoms with Gasteiger partial charge in [0, 0.05) is 46.6 Å². The second kappa shape index (κ2) is 18.6. The zero-order valence-corrected chi connectivity index (χ0v) is 36.5. The first kappa shape index (κ1) is 46.4. The highest BCUT2D eigenvalue weighted by molar-refractivity contribution is 6.00. The number of fused-ring (bicyclic) bond motifs is 6. The number of alkyl carbamates (subject to hydrolysis) is 1. The Hall–Kier alpha value is -7.10. The number of esters is 1. The number of aliphatic hydroxyl groups is 3. The number of aliphatic carboxylic acids is 1. The molecule has 352 valence electrons. The predicted octanol–water partition coefficient (Wildman–Crippen LogP) is 4.25. The SMILES string of the molecule is CC(C)(C)OC(=O)NCCCC[C@@H](C(=O)Nc1ccc2c(c1)C(=O)OC21c2ccc(O)cc2Oc2cc(O)ccc21)n1cc(-c2ccc(CCO[C@@H]3O[C@H](C(=O)O)[C@@H](O)[C@H](O)[C@H]3O)cc2)nn1. The molecule has 1 saturated heterocycles. The van der Waals surface area contributed by atoms with Crippen molar-refractivity contribution in [3.63, 3.8) is 0 Å². The molecular formula is C47H49N5O15. The number of aromatic hydroxyl groups is 2. The maximum Gasteiger partial charge on any atom is 0.407 e.